The van der Waals surface area contributed by atoms with Crippen molar-refractivity contribution in [3.63, 3.8) is 0 Å². The summed E-state index contributed by atoms with van der Waals surface area (Å²) in [6, 6.07) is 13.1. The molecule has 0 aliphatic carbocycles. The Kier molecular flexibility index (Phi) is 3.95. The maximum atomic E-state index is 12.4. The van der Waals surface area contributed by atoms with Crippen molar-refractivity contribution in [1.82, 2.24) is 5.32 Å². The summed E-state index contributed by atoms with van der Waals surface area (Å²) in [6.45, 7) is 0.760. The van der Waals surface area contributed by atoms with Crippen LogP contribution in [0.5, 0.6) is 5.75 Å². The minimum atomic E-state index is 0.0619. The number of rotatable bonds is 4. The lowest BCUT2D eigenvalue weighted by Gasteiger charge is -2.11. The fourth-order valence-electron chi connectivity index (χ4n) is 2.67. The van der Waals surface area contributed by atoms with Gasteiger partial charge in [-0.2, -0.15) is 0 Å². The van der Waals surface area contributed by atoms with Gasteiger partial charge in [-0.1, -0.05) is 17.7 Å². The molecule has 108 valence electrons. The average molecular weight is 302 g/mol. The molecule has 1 aliphatic heterocycles. The normalized spacial score (nSPS) is 16.6. The second-order valence-corrected chi connectivity index (χ2v) is 5.57. The molecule has 2 aromatic carbocycles. The van der Waals surface area contributed by atoms with Crippen molar-refractivity contribution in [3.8, 4) is 5.75 Å². The van der Waals surface area contributed by atoms with Gasteiger partial charge in [0.2, 0.25) is 0 Å². The van der Waals surface area contributed by atoms with E-state index < -0.39 is 0 Å². The van der Waals surface area contributed by atoms with Crippen molar-refractivity contribution >= 4 is 17.4 Å². The maximum absolute atomic E-state index is 12.4. The van der Waals surface area contributed by atoms with Gasteiger partial charge in [0.1, 0.15) is 5.75 Å². The summed E-state index contributed by atoms with van der Waals surface area (Å²) in [6.07, 6.45) is 0.445. The van der Waals surface area contributed by atoms with Gasteiger partial charge in [-0.05, 0) is 47.5 Å². The second kappa shape index (κ2) is 5.88. The van der Waals surface area contributed by atoms with Crippen LogP contribution >= 0.6 is 11.6 Å². The Morgan fingerprint density at radius 1 is 1.29 bits per heavy atom. The van der Waals surface area contributed by atoms with Crippen molar-refractivity contribution in [2.24, 2.45) is 0 Å². The quantitative estimate of drug-likeness (QED) is 0.874. The van der Waals surface area contributed by atoms with Crippen molar-refractivity contribution in [2.75, 3.05) is 7.11 Å². The zero-order valence-electron chi connectivity index (χ0n) is 11.7. The zero-order valence-corrected chi connectivity index (χ0v) is 12.5. The molecule has 21 heavy (non-hydrogen) atoms. The number of nitrogens with one attached hydrogen (secondary N) is 1. The highest BCUT2D eigenvalue weighted by Gasteiger charge is 2.24. The minimum Gasteiger partial charge on any atom is -0.497 e. The van der Waals surface area contributed by atoms with Crippen LogP contribution in [0.1, 0.15) is 33.9 Å². The van der Waals surface area contributed by atoms with Gasteiger partial charge < -0.3 is 10.1 Å². The van der Waals surface area contributed by atoms with E-state index in [0.717, 1.165) is 17.3 Å². The molecule has 0 saturated carbocycles. The molecule has 0 amide bonds. The van der Waals surface area contributed by atoms with Crippen LogP contribution in [0, 0.1) is 0 Å². The number of halogens is 1. The molecule has 2 aromatic rings. The van der Waals surface area contributed by atoms with Gasteiger partial charge in [-0.25, -0.2) is 0 Å². The largest absolute Gasteiger partial charge is 0.497 e. The molecule has 3 nitrogen and oxygen atoms in total. The Bertz CT molecular complexity index is 667. The average Bonchev–Trinajstić information content (AvgIpc) is 2.89. The highest BCUT2D eigenvalue weighted by atomic mass is 35.5. The van der Waals surface area contributed by atoms with Crippen LogP contribution in [0.15, 0.2) is 42.5 Å². The van der Waals surface area contributed by atoms with Crippen molar-refractivity contribution in [1.29, 1.82) is 0 Å². The van der Waals surface area contributed by atoms with Crippen LogP contribution < -0.4 is 10.1 Å². The molecule has 3 rings (SSSR count). The number of Topliss-reactive ketones (excluding diaryl/α,β-unsaturated/α-hetero) is 1. The zero-order chi connectivity index (χ0) is 14.8. The third kappa shape index (κ3) is 2.94. The highest BCUT2D eigenvalue weighted by Crippen LogP contribution is 2.30. The number of carbonyl (C=O) groups excluding carboxylic acids is 1. The lowest BCUT2D eigenvalue weighted by molar-refractivity contribution is 0.0970. The lowest BCUT2D eigenvalue weighted by atomic mass is 9.98. The highest BCUT2D eigenvalue weighted by molar-refractivity contribution is 6.30. The monoisotopic (exact) mass is 301 g/mol. The van der Waals surface area contributed by atoms with Gasteiger partial charge in [-0.3, -0.25) is 4.79 Å². The number of hydrogen-bond acceptors (Lipinski definition) is 3. The number of hydrogen-bond donors (Lipinski definition) is 1. The second-order valence-electron chi connectivity index (χ2n) is 5.13. The van der Waals surface area contributed by atoms with Crippen LogP contribution in [-0.4, -0.2) is 12.9 Å². The van der Waals surface area contributed by atoms with Gasteiger partial charge in [0.25, 0.3) is 0 Å². The van der Waals surface area contributed by atoms with Gasteiger partial charge in [0, 0.05) is 29.6 Å². The van der Waals surface area contributed by atoms with E-state index in [1.54, 1.807) is 19.2 Å². The van der Waals surface area contributed by atoms with Gasteiger partial charge >= 0.3 is 0 Å². The summed E-state index contributed by atoms with van der Waals surface area (Å²) in [5.74, 6) is 0.878. The molecule has 1 heterocycles. The lowest BCUT2D eigenvalue weighted by Crippen LogP contribution is -2.16. The summed E-state index contributed by atoms with van der Waals surface area (Å²) in [7, 11) is 1.61. The van der Waals surface area contributed by atoms with Gasteiger partial charge in [-0.15, -0.1) is 0 Å². The Balaban J connectivity index is 1.74. The van der Waals surface area contributed by atoms with Crippen LogP contribution in [0.3, 0.4) is 0 Å². The number of ketones is 1. The summed E-state index contributed by atoms with van der Waals surface area (Å²) in [5.41, 5.74) is 3.05. The van der Waals surface area contributed by atoms with E-state index in [-0.39, 0.29) is 11.8 Å². The van der Waals surface area contributed by atoms with E-state index in [9.17, 15) is 4.79 Å². The van der Waals surface area contributed by atoms with Gasteiger partial charge in [0.15, 0.2) is 5.78 Å². The van der Waals surface area contributed by atoms with E-state index in [2.05, 4.69) is 5.32 Å². The van der Waals surface area contributed by atoms with E-state index >= 15 is 0 Å². The first-order valence-corrected chi connectivity index (χ1v) is 7.24. The molecule has 0 fully saturated rings. The van der Waals surface area contributed by atoms with Crippen LogP contribution in [0.4, 0.5) is 0 Å². The summed E-state index contributed by atoms with van der Waals surface area (Å²) >= 11 is 5.99. The first kappa shape index (κ1) is 14.1. The van der Waals surface area contributed by atoms with Crippen LogP contribution in [0.25, 0.3) is 0 Å². The number of benzene rings is 2. The first-order valence-electron chi connectivity index (χ1n) is 6.86. The van der Waals surface area contributed by atoms with E-state index in [1.165, 1.54) is 11.1 Å². The minimum absolute atomic E-state index is 0.0619. The van der Waals surface area contributed by atoms with Crippen molar-refractivity contribution < 1.29 is 9.53 Å². The molecule has 0 bridgehead atoms. The molecule has 1 atom stereocenters. The molecule has 0 aromatic heterocycles. The summed E-state index contributed by atoms with van der Waals surface area (Å²) < 4.78 is 5.10. The smallest absolute Gasteiger partial charge is 0.164 e. The molecule has 1 unspecified atom stereocenters. The number of fused-ring (bicyclic) bond motifs is 1. The molecular weight excluding hydrogens is 286 g/mol. The first-order chi connectivity index (χ1) is 10.2. The predicted molar refractivity (Wildman–Crippen MR) is 83.0 cm³/mol. The SMILES string of the molecule is COc1ccc(C(=O)CC2NCc3cc(Cl)ccc32)cc1. The molecular formula is C17H16ClNO2. The summed E-state index contributed by atoms with van der Waals surface area (Å²) in [4.78, 5) is 12.4. The molecule has 0 spiro atoms. The third-order valence-corrected chi connectivity index (χ3v) is 4.06. The van der Waals surface area contributed by atoms with Crippen LogP contribution in [0.2, 0.25) is 5.02 Å². The van der Waals surface area contributed by atoms with E-state index in [4.69, 9.17) is 16.3 Å². The van der Waals surface area contributed by atoms with Gasteiger partial charge in [0.05, 0.1) is 7.11 Å². The third-order valence-electron chi connectivity index (χ3n) is 3.82. The fraction of sp³-hybridized carbons (Fsp3) is 0.235. The molecule has 0 saturated heterocycles. The Labute approximate surface area is 128 Å². The van der Waals surface area contributed by atoms with Crippen molar-refractivity contribution in [3.05, 3.63) is 64.2 Å². The number of carbonyl (C=O) groups is 1. The van der Waals surface area contributed by atoms with Crippen LogP contribution in [-0.2, 0) is 6.54 Å². The maximum Gasteiger partial charge on any atom is 0.164 e. The Morgan fingerprint density at radius 2 is 2.05 bits per heavy atom. The molecule has 4 heteroatoms. The Morgan fingerprint density at radius 3 is 2.76 bits per heavy atom. The standard InChI is InChI=1S/C17H16ClNO2/c1-21-14-5-2-11(3-6-14)17(20)9-16-15-7-4-13(18)8-12(15)10-19-16/h2-8,16,19H,9-10H2,1H3. The number of methoxy groups -OCH3 is 1. The number of ether oxygens (including phenoxy) is 1. The van der Waals surface area contributed by atoms with Crippen molar-refractivity contribution in [2.45, 2.75) is 19.0 Å². The van der Waals surface area contributed by atoms with E-state index in [1.807, 2.05) is 30.3 Å². The Hall–Kier alpha value is -1.84. The predicted octanol–water partition coefficient (Wildman–Crippen LogP) is 3.77. The summed E-state index contributed by atoms with van der Waals surface area (Å²) in [5, 5.41) is 4.10. The topological polar surface area (TPSA) is 38.3 Å². The van der Waals surface area contributed by atoms with E-state index in [0.29, 0.717) is 12.0 Å². The molecule has 1 N–H and O–H groups in total. The molecule has 1 aliphatic rings. The fourth-order valence-corrected chi connectivity index (χ4v) is 2.87. The molecule has 0 radical (unpaired) electrons.